The summed E-state index contributed by atoms with van der Waals surface area (Å²) in [4.78, 5) is 28.4. The van der Waals surface area contributed by atoms with Crippen molar-refractivity contribution in [2.24, 2.45) is 11.8 Å². The second-order valence-corrected chi connectivity index (χ2v) is 9.24. The van der Waals surface area contributed by atoms with E-state index < -0.39 is 6.23 Å². The lowest BCUT2D eigenvalue weighted by Gasteiger charge is -2.27. The van der Waals surface area contributed by atoms with Crippen LogP contribution in [-0.4, -0.2) is 48.5 Å². The van der Waals surface area contributed by atoms with Gasteiger partial charge in [-0.3, -0.25) is 19.8 Å². The van der Waals surface area contributed by atoms with E-state index in [-0.39, 0.29) is 18.4 Å². The van der Waals surface area contributed by atoms with Gasteiger partial charge < -0.3 is 9.84 Å². The molecule has 148 valence electrons. The monoisotopic (exact) mass is 392 g/mol. The molecule has 1 aromatic rings. The first kappa shape index (κ1) is 19.1. The van der Waals surface area contributed by atoms with Crippen molar-refractivity contribution >= 4 is 23.1 Å². The molecule has 2 fully saturated rings. The Labute approximate surface area is 163 Å². The Morgan fingerprint density at radius 3 is 2.78 bits per heavy atom. The normalized spacial score (nSPS) is 21.0. The Balaban J connectivity index is 1.55. The number of esters is 1. The van der Waals surface area contributed by atoms with E-state index in [0.717, 1.165) is 48.4 Å². The van der Waals surface area contributed by atoms with E-state index in [1.54, 1.807) is 11.3 Å². The van der Waals surface area contributed by atoms with Crippen molar-refractivity contribution in [3.8, 4) is 0 Å². The first-order valence-corrected chi connectivity index (χ1v) is 10.7. The van der Waals surface area contributed by atoms with Crippen LogP contribution in [0.25, 0.3) is 0 Å². The van der Waals surface area contributed by atoms with Gasteiger partial charge in [0, 0.05) is 47.3 Å². The van der Waals surface area contributed by atoms with E-state index in [2.05, 4.69) is 10.2 Å². The molecule has 0 amide bonds. The zero-order chi connectivity index (χ0) is 19.0. The van der Waals surface area contributed by atoms with Crippen molar-refractivity contribution < 1.29 is 19.4 Å². The number of ether oxygens (including phenoxy) is 1. The fourth-order valence-corrected chi connectivity index (χ4v) is 5.11. The molecule has 1 aliphatic heterocycles. The van der Waals surface area contributed by atoms with Crippen LogP contribution in [-0.2, 0) is 33.7 Å². The van der Waals surface area contributed by atoms with Gasteiger partial charge in [0.05, 0.1) is 13.7 Å². The summed E-state index contributed by atoms with van der Waals surface area (Å²) in [5.74, 6) is 0.952. The average molecular weight is 393 g/mol. The van der Waals surface area contributed by atoms with Crippen LogP contribution in [0.2, 0.25) is 0 Å². The molecule has 2 saturated carbocycles. The number of nitrogens with one attached hydrogen (secondary N) is 1. The zero-order valence-corrected chi connectivity index (χ0v) is 16.6. The molecule has 0 spiro atoms. The van der Waals surface area contributed by atoms with E-state index in [4.69, 9.17) is 4.74 Å². The predicted octanol–water partition coefficient (Wildman–Crippen LogP) is 1.79. The van der Waals surface area contributed by atoms with Crippen molar-refractivity contribution in [2.75, 3.05) is 26.7 Å². The number of fused-ring (bicyclic) bond motifs is 1. The van der Waals surface area contributed by atoms with Gasteiger partial charge in [0.1, 0.15) is 12.0 Å². The van der Waals surface area contributed by atoms with Gasteiger partial charge in [0.25, 0.3) is 0 Å². The van der Waals surface area contributed by atoms with E-state index in [1.807, 2.05) is 0 Å². The number of aliphatic hydroxyl groups excluding tert-OH is 1. The standard InChI is InChI=1S/C20H28N2O4S/c1-26-18(24)11-22-7-6-16-14(10-22)19(20(25)21-9-12-2-3-12)17(27-16)8-15(23)13-4-5-13/h12-13,20-21,25H,2-11H2,1H3. The highest BCUT2D eigenvalue weighted by atomic mass is 32.1. The number of nitrogens with zero attached hydrogens (tertiary/aromatic N) is 1. The second-order valence-electron chi connectivity index (χ2n) is 8.05. The minimum Gasteiger partial charge on any atom is -0.468 e. The summed E-state index contributed by atoms with van der Waals surface area (Å²) in [6.07, 6.45) is 4.99. The quantitative estimate of drug-likeness (QED) is 0.493. The van der Waals surface area contributed by atoms with Crippen molar-refractivity contribution in [2.45, 2.75) is 51.3 Å². The zero-order valence-electron chi connectivity index (χ0n) is 15.8. The third-order valence-corrected chi connectivity index (χ3v) is 7.07. The van der Waals surface area contributed by atoms with Crippen molar-refractivity contribution in [1.29, 1.82) is 0 Å². The number of carbonyl (C=O) groups is 2. The number of ketones is 1. The molecular weight excluding hydrogens is 364 g/mol. The molecule has 1 atom stereocenters. The third kappa shape index (κ3) is 4.59. The van der Waals surface area contributed by atoms with Gasteiger partial charge >= 0.3 is 5.97 Å². The molecule has 6 nitrogen and oxygen atoms in total. The molecule has 2 aliphatic carbocycles. The van der Waals surface area contributed by atoms with Crippen LogP contribution in [0.15, 0.2) is 0 Å². The summed E-state index contributed by atoms with van der Waals surface area (Å²) >= 11 is 1.68. The number of Topliss-reactive ketones (excluding diaryl/α,β-unsaturated/α-hetero) is 1. The highest BCUT2D eigenvalue weighted by Gasteiger charge is 2.34. The van der Waals surface area contributed by atoms with Crippen LogP contribution in [0.1, 0.15) is 52.8 Å². The van der Waals surface area contributed by atoms with Crippen molar-refractivity contribution in [3.63, 3.8) is 0 Å². The largest absolute Gasteiger partial charge is 0.468 e. The number of aliphatic hydroxyl groups is 1. The lowest BCUT2D eigenvalue weighted by atomic mass is 9.99. The van der Waals surface area contributed by atoms with Gasteiger partial charge in [0.2, 0.25) is 0 Å². The van der Waals surface area contributed by atoms with Crippen LogP contribution < -0.4 is 5.32 Å². The average Bonchev–Trinajstić information content (AvgIpc) is 3.56. The molecule has 1 aromatic heterocycles. The van der Waals surface area contributed by atoms with E-state index >= 15 is 0 Å². The molecule has 2 N–H and O–H groups in total. The summed E-state index contributed by atoms with van der Waals surface area (Å²) in [6, 6.07) is 0. The van der Waals surface area contributed by atoms with E-state index in [9.17, 15) is 14.7 Å². The van der Waals surface area contributed by atoms with Crippen LogP contribution in [0.4, 0.5) is 0 Å². The first-order chi connectivity index (χ1) is 13.0. The Kier molecular flexibility index (Phi) is 5.64. The van der Waals surface area contributed by atoms with Crippen LogP contribution in [0.3, 0.4) is 0 Å². The number of thiophene rings is 1. The second kappa shape index (κ2) is 7.99. The summed E-state index contributed by atoms with van der Waals surface area (Å²) in [5, 5.41) is 14.1. The number of rotatable bonds is 9. The van der Waals surface area contributed by atoms with Crippen molar-refractivity contribution in [3.05, 3.63) is 20.9 Å². The topological polar surface area (TPSA) is 78.9 Å². The van der Waals surface area contributed by atoms with Gasteiger partial charge in [-0.25, -0.2) is 0 Å². The maximum Gasteiger partial charge on any atom is 0.319 e. The molecule has 7 heteroatoms. The molecule has 0 saturated heterocycles. The molecule has 0 aromatic carbocycles. The number of carbonyl (C=O) groups excluding carboxylic acids is 2. The minimum atomic E-state index is -0.745. The minimum absolute atomic E-state index is 0.226. The van der Waals surface area contributed by atoms with Gasteiger partial charge in [-0.15, -0.1) is 11.3 Å². The molecule has 3 aliphatic rings. The van der Waals surface area contributed by atoms with E-state index in [0.29, 0.717) is 24.7 Å². The Hall–Kier alpha value is -1.28. The van der Waals surface area contributed by atoms with Crippen LogP contribution in [0.5, 0.6) is 0 Å². The predicted molar refractivity (Wildman–Crippen MR) is 102 cm³/mol. The molecule has 0 bridgehead atoms. The fourth-order valence-electron chi connectivity index (χ4n) is 3.76. The van der Waals surface area contributed by atoms with E-state index in [1.165, 1.54) is 24.8 Å². The molecule has 4 rings (SSSR count). The van der Waals surface area contributed by atoms with Crippen LogP contribution in [0, 0.1) is 11.8 Å². The number of hydrogen-bond donors (Lipinski definition) is 2. The van der Waals surface area contributed by atoms with Gasteiger partial charge in [0.15, 0.2) is 0 Å². The summed E-state index contributed by atoms with van der Waals surface area (Å²) in [7, 11) is 1.40. The summed E-state index contributed by atoms with van der Waals surface area (Å²) in [5.41, 5.74) is 1.99. The summed E-state index contributed by atoms with van der Waals surface area (Å²) in [6.45, 7) is 2.49. The summed E-state index contributed by atoms with van der Waals surface area (Å²) < 4.78 is 4.80. The third-order valence-electron chi connectivity index (χ3n) is 5.76. The lowest BCUT2D eigenvalue weighted by Crippen LogP contribution is -2.35. The lowest BCUT2D eigenvalue weighted by molar-refractivity contribution is -0.142. The number of methoxy groups -OCH3 is 1. The molecular formula is C20H28N2O4S. The molecule has 1 unspecified atom stereocenters. The van der Waals surface area contributed by atoms with Gasteiger partial charge in [-0.1, -0.05) is 0 Å². The van der Waals surface area contributed by atoms with Gasteiger partial charge in [-0.05, 0) is 43.6 Å². The van der Waals surface area contributed by atoms with Gasteiger partial charge in [-0.2, -0.15) is 0 Å². The smallest absolute Gasteiger partial charge is 0.319 e. The maximum absolute atomic E-state index is 12.4. The Morgan fingerprint density at radius 2 is 2.11 bits per heavy atom. The fraction of sp³-hybridized carbons (Fsp3) is 0.700. The SMILES string of the molecule is COC(=O)CN1CCc2sc(CC(=O)C3CC3)c(C(O)NCC3CC3)c2C1. The number of hydrogen-bond acceptors (Lipinski definition) is 7. The molecule has 27 heavy (non-hydrogen) atoms. The first-order valence-electron chi connectivity index (χ1n) is 9.91. The van der Waals surface area contributed by atoms with Crippen LogP contribution >= 0.6 is 11.3 Å². The van der Waals surface area contributed by atoms with Crippen molar-refractivity contribution in [1.82, 2.24) is 10.2 Å². The Morgan fingerprint density at radius 1 is 1.33 bits per heavy atom. The molecule has 2 heterocycles. The highest BCUT2D eigenvalue weighted by Crippen LogP contribution is 2.39. The Bertz CT molecular complexity index is 724. The highest BCUT2D eigenvalue weighted by molar-refractivity contribution is 7.12. The molecule has 0 radical (unpaired) electrons. The maximum atomic E-state index is 12.4.